The number of carbonyl (C=O) groups is 1. The van der Waals surface area contributed by atoms with Gasteiger partial charge in [-0.3, -0.25) is 4.79 Å². The van der Waals surface area contributed by atoms with Crippen LogP contribution in [0.5, 0.6) is 5.75 Å². The zero-order valence-corrected chi connectivity index (χ0v) is 18.9. The van der Waals surface area contributed by atoms with Crippen LogP contribution in [-0.4, -0.2) is 12.4 Å². The van der Waals surface area contributed by atoms with Gasteiger partial charge in [0, 0.05) is 25.8 Å². The molecule has 4 aromatic rings. The number of ether oxygens (including phenoxy) is 1. The highest BCUT2D eigenvalue weighted by molar-refractivity contribution is 9.11. The van der Waals surface area contributed by atoms with Gasteiger partial charge in [0.15, 0.2) is 5.78 Å². The molecule has 0 aliphatic rings. The Kier molecular flexibility index (Phi) is 6.60. The molecule has 4 rings (SSSR count). The molecular weight excluding hydrogens is 464 g/mol. The van der Waals surface area contributed by atoms with Crippen LogP contribution < -0.4 is 4.74 Å². The molecule has 2 heterocycles. The van der Waals surface area contributed by atoms with Gasteiger partial charge in [-0.15, -0.1) is 22.7 Å². The number of thiophene rings is 2. The summed E-state index contributed by atoms with van der Waals surface area (Å²) < 4.78 is 7.01. The Hall–Kier alpha value is -2.21. The summed E-state index contributed by atoms with van der Waals surface area (Å²) in [7, 11) is 0. The molecule has 0 spiro atoms. The van der Waals surface area contributed by atoms with E-state index in [-0.39, 0.29) is 5.78 Å². The summed E-state index contributed by atoms with van der Waals surface area (Å²) in [5.41, 5.74) is 1.38. The van der Waals surface area contributed by atoms with Crippen molar-refractivity contribution in [3.63, 3.8) is 0 Å². The van der Waals surface area contributed by atoms with Crippen LogP contribution in [0.4, 0.5) is 0 Å². The summed E-state index contributed by atoms with van der Waals surface area (Å²) in [6, 6.07) is 25.4. The lowest BCUT2D eigenvalue weighted by Gasteiger charge is -2.07. The van der Waals surface area contributed by atoms with Crippen molar-refractivity contribution >= 4 is 44.4 Å². The number of rotatable bonds is 8. The topological polar surface area (TPSA) is 26.3 Å². The Morgan fingerprint density at radius 1 is 0.793 bits per heavy atom. The van der Waals surface area contributed by atoms with Crippen LogP contribution in [0.25, 0.3) is 9.75 Å². The van der Waals surface area contributed by atoms with E-state index in [0.717, 1.165) is 22.4 Å². The second-order valence-electron chi connectivity index (χ2n) is 6.54. The van der Waals surface area contributed by atoms with Crippen molar-refractivity contribution in [2.45, 2.75) is 12.8 Å². The van der Waals surface area contributed by atoms with Gasteiger partial charge in [0.25, 0.3) is 0 Å². The highest BCUT2D eigenvalue weighted by Gasteiger charge is 2.09. The van der Waals surface area contributed by atoms with Crippen LogP contribution in [0, 0.1) is 0 Å². The Balaban J connectivity index is 1.26. The van der Waals surface area contributed by atoms with E-state index >= 15 is 0 Å². The molecule has 146 valence electrons. The van der Waals surface area contributed by atoms with Crippen LogP contribution in [0.1, 0.15) is 27.2 Å². The number of aryl methyl sites for hydroxylation is 1. The maximum Gasteiger partial charge on any atom is 0.193 e. The molecule has 0 radical (unpaired) electrons. The number of hydrogen-bond acceptors (Lipinski definition) is 4. The van der Waals surface area contributed by atoms with E-state index in [2.05, 4.69) is 40.2 Å². The summed E-state index contributed by atoms with van der Waals surface area (Å²) >= 11 is 7.13. The zero-order chi connectivity index (χ0) is 20.1. The summed E-state index contributed by atoms with van der Waals surface area (Å²) in [6.45, 7) is 0.657. The van der Waals surface area contributed by atoms with Crippen LogP contribution in [-0.2, 0) is 6.42 Å². The van der Waals surface area contributed by atoms with Gasteiger partial charge in [0.1, 0.15) is 5.75 Å². The summed E-state index contributed by atoms with van der Waals surface area (Å²) in [5.74, 6) is 0.827. The average Bonchev–Trinajstić information content (AvgIpc) is 3.41. The summed E-state index contributed by atoms with van der Waals surface area (Å²) in [5, 5.41) is 0. The van der Waals surface area contributed by atoms with Crippen LogP contribution in [0.3, 0.4) is 0 Å². The minimum Gasteiger partial charge on any atom is -0.494 e. The molecule has 0 aliphatic heterocycles. The maximum atomic E-state index is 12.4. The van der Waals surface area contributed by atoms with Crippen molar-refractivity contribution in [1.82, 2.24) is 0 Å². The van der Waals surface area contributed by atoms with Gasteiger partial charge in [0.05, 0.1) is 10.4 Å². The monoisotopic (exact) mass is 482 g/mol. The van der Waals surface area contributed by atoms with E-state index in [1.54, 1.807) is 11.3 Å². The smallest absolute Gasteiger partial charge is 0.193 e. The number of ketones is 1. The van der Waals surface area contributed by atoms with E-state index in [9.17, 15) is 4.79 Å². The molecule has 0 atom stereocenters. The third-order valence-electron chi connectivity index (χ3n) is 4.47. The lowest BCUT2D eigenvalue weighted by atomic mass is 10.0. The van der Waals surface area contributed by atoms with Gasteiger partial charge in [-0.25, -0.2) is 0 Å². The number of halogens is 1. The van der Waals surface area contributed by atoms with E-state index in [4.69, 9.17) is 4.74 Å². The lowest BCUT2D eigenvalue weighted by molar-refractivity contribution is 0.103. The molecule has 0 N–H and O–H groups in total. The van der Waals surface area contributed by atoms with Crippen molar-refractivity contribution in [3.05, 3.63) is 98.7 Å². The third kappa shape index (κ3) is 5.24. The molecule has 0 saturated carbocycles. The van der Waals surface area contributed by atoms with Crippen molar-refractivity contribution in [2.24, 2.45) is 0 Å². The first-order valence-corrected chi connectivity index (χ1v) is 11.8. The molecule has 0 aliphatic carbocycles. The molecule has 0 amide bonds. The van der Waals surface area contributed by atoms with Crippen molar-refractivity contribution in [2.75, 3.05) is 6.61 Å². The first-order valence-electron chi connectivity index (χ1n) is 9.36. The number of benzene rings is 2. The maximum absolute atomic E-state index is 12.4. The van der Waals surface area contributed by atoms with E-state index in [1.165, 1.54) is 14.6 Å². The van der Waals surface area contributed by atoms with E-state index in [0.29, 0.717) is 17.7 Å². The zero-order valence-electron chi connectivity index (χ0n) is 15.6. The molecule has 0 saturated heterocycles. The fraction of sp³-hybridized carbons (Fsp3) is 0.125. The largest absolute Gasteiger partial charge is 0.494 e. The second kappa shape index (κ2) is 9.53. The molecule has 2 nitrogen and oxygen atoms in total. The van der Waals surface area contributed by atoms with E-state index < -0.39 is 0 Å². The number of hydrogen-bond donors (Lipinski definition) is 0. The van der Waals surface area contributed by atoms with Crippen LogP contribution in [0.2, 0.25) is 0 Å². The van der Waals surface area contributed by atoms with Crippen LogP contribution in [0.15, 0.2) is 82.6 Å². The van der Waals surface area contributed by atoms with Gasteiger partial charge in [-0.1, -0.05) is 30.3 Å². The summed E-state index contributed by atoms with van der Waals surface area (Å²) in [6.07, 6.45) is 1.96. The van der Waals surface area contributed by atoms with Gasteiger partial charge in [0.2, 0.25) is 0 Å². The minimum atomic E-state index is 0.0309. The highest BCUT2D eigenvalue weighted by atomic mass is 79.9. The van der Waals surface area contributed by atoms with E-state index in [1.807, 2.05) is 65.9 Å². The van der Waals surface area contributed by atoms with Gasteiger partial charge in [-0.05, 0) is 77.3 Å². The molecule has 0 bridgehead atoms. The number of carbonyl (C=O) groups excluding carboxylic acids is 1. The molecule has 2 aromatic carbocycles. The average molecular weight is 483 g/mol. The van der Waals surface area contributed by atoms with Gasteiger partial charge in [-0.2, -0.15) is 0 Å². The van der Waals surface area contributed by atoms with Crippen molar-refractivity contribution < 1.29 is 9.53 Å². The molecule has 29 heavy (non-hydrogen) atoms. The molecular formula is C24H19BrO2S2. The van der Waals surface area contributed by atoms with Gasteiger partial charge >= 0.3 is 0 Å². The van der Waals surface area contributed by atoms with Crippen molar-refractivity contribution in [3.8, 4) is 15.5 Å². The lowest BCUT2D eigenvalue weighted by Crippen LogP contribution is -2.02. The Labute approximate surface area is 186 Å². The minimum absolute atomic E-state index is 0.0309. The molecule has 0 unspecified atom stereocenters. The Bertz CT molecular complexity index is 1080. The predicted molar refractivity (Wildman–Crippen MR) is 125 cm³/mol. The SMILES string of the molecule is O=C(c1ccccc1)c1ccc(OCCCc2ccc(-c3ccc(Br)s3)s2)cc1. The fourth-order valence-electron chi connectivity index (χ4n) is 2.99. The quantitative estimate of drug-likeness (QED) is 0.192. The summed E-state index contributed by atoms with van der Waals surface area (Å²) in [4.78, 5) is 16.4. The third-order valence-corrected chi connectivity index (χ3v) is 7.43. The predicted octanol–water partition coefficient (Wildman–Crippen LogP) is 7.48. The second-order valence-corrected chi connectivity index (χ2v) is 10.2. The highest BCUT2D eigenvalue weighted by Crippen LogP contribution is 2.35. The molecule has 5 heteroatoms. The van der Waals surface area contributed by atoms with Crippen LogP contribution >= 0.6 is 38.6 Å². The standard InChI is InChI=1S/C24H19BrO2S2/c25-23-15-14-22(29-23)21-13-12-20(28-21)7-4-16-27-19-10-8-18(9-11-19)24(26)17-5-2-1-3-6-17/h1-3,5-6,8-15H,4,7,16H2. The molecule has 2 aromatic heterocycles. The first-order chi connectivity index (χ1) is 14.2. The normalized spacial score (nSPS) is 10.8. The Morgan fingerprint density at radius 2 is 1.48 bits per heavy atom. The van der Waals surface area contributed by atoms with Crippen molar-refractivity contribution in [1.29, 1.82) is 0 Å². The Morgan fingerprint density at radius 3 is 2.21 bits per heavy atom. The molecule has 0 fully saturated rings. The van der Waals surface area contributed by atoms with Gasteiger partial charge < -0.3 is 4.74 Å². The first kappa shape index (κ1) is 20.1. The fourth-order valence-corrected chi connectivity index (χ4v) is 5.51.